The average Bonchev–Trinajstić information content (AvgIpc) is 3.21. The van der Waals surface area contributed by atoms with Gasteiger partial charge in [-0.15, -0.1) is 23.5 Å². The summed E-state index contributed by atoms with van der Waals surface area (Å²) < 4.78 is -1.01. The molecule has 0 aliphatic heterocycles. The van der Waals surface area contributed by atoms with E-state index in [0.29, 0.717) is 24.6 Å². The van der Waals surface area contributed by atoms with E-state index in [1.54, 1.807) is 28.4 Å². The van der Waals surface area contributed by atoms with Crippen LogP contribution in [0.25, 0.3) is 0 Å². The molecule has 0 aliphatic carbocycles. The third-order valence-corrected chi connectivity index (χ3v) is 12.4. The minimum absolute atomic E-state index is 0.00621. The van der Waals surface area contributed by atoms with Crippen molar-refractivity contribution in [1.29, 1.82) is 0 Å². The van der Waals surface area contributed by atoms with Crippen LogP contribution in [-0.4, -0.2) is 59.6 Å². The molecule has 0 heterocycles. The van der Waals surface area contributed by atoms with E-state index >= 15 is 0 Å². The van der Waals surface area contributed by atoms with Gasteiger partial charge in [0.2, 0.25) is 5.91 Å². The Kier molecular flexibility index (Phi) is 13.2. The number of carbonyl (C=O) groups is 2. The summed E-state index contributed by atoms with van der Waals surface area (Å²) in [6.45, 7) is 0.629. The molecule has 0 saturated heterocycles. The van der Waals surface area contributed by atoms with E-state index in [2.05, 4.69) is 151 Å². The average molecular weight is 737 g/mol. The second-order valence-corrected chi connectivity index (χ2v) is 15.3. The summed E-state index contributed by atoms with van der Waals surface area (Å²) >= 11 is 3.54. The Morgan fingerprint density at radius 2 is 0.774 bits per heavy atom. The van der Waals surface area contributed by atoms with Crippen LogP contribution >= 0.6 is 23.5 Å². The summed E-state index contributed by atoms with van der Waals surface area (Å²) in [6, 6.07) is 62.7. The van der Waals surface area contributed by atoms with Gasteiger partial charge in [0.25, 0.3) is 0 Å². The number of carboxylic acid groups (broad SMARTS) is 1. The minimum atomic E-state index is -0.961. The number of aliphatic carboxylic acids is 1. The maximum Gasteiger partial charge on any atom is 0.317 e. The van der Waals surface area contributed by atoms with Crippen molar-refractivity contribution in [3.63, 3.8) is 0 Å². The number of nitrogens with zero attached hydrogens (tertiary/aromatic N) is 1. The van der Waals surface area contributed by atoms with E-state index in [9.17, 15) is 14.7 Å². The molecular weight excluding hydrogens is 693 g/mol. The highest BCUT2D eigenvalue weighted by molar-refractivity contribution is 8.00. The standard InChI is InChI=1S/C46H44N2O3S2/c49-43(47-31-33-52-45(37-19-7-1-8-20-37,38-21-9-2-10-22-38)39-23-11-3-12-24-39)35-48(36-44(50)51)32-34-53-46(40-25-13-4-14-26-40,41-27-15-5-16-28-41)42-29-17-6-18-30-42/h1-30H,31-36H2,(H,47,49)(H,50,51). The van der Waals surface area contributed by atoms with Crippen LogP contribution < -0.4 is 5.32 Å². The van der Waals surface area contributed by atoms with Crippen molar-refractivity contribution in [2.45, 2.75) is 9.49 Å². The Balaban J connectivity index is 1.15. The van der Waals surface area contributed by atoms with E-state index in [1.807, 2.05) is 36.4 Å². The van der Waals surface area contributed by atoms with Gasteiger partial charge in [-0.3, -0.25) is 14.5 Å². The number of amides is 1. The zero-order chi connectivity index (χ0) is 36.8. The number of thioether (sulfide) groups is 2. The molecule has 1 amide bonds. The number of hydrogen-bond acceptors (Lipinski definition) is 5. The van der Waals surface area contributed by atoms with Crippen LogP contribution in [-0.2, 0) is 19.1 Å². The van der Waals surface area contributed by atoms with Crippen LogP contribution in [0.4, 0.5) is 0 Å². The molecule has 7 heteroatoms. The third kappa shape index (κ3) is 9.11. The van der Waals surface area contributed by atoms with Gasteiger partial charge in [-0.05, 0) is 33.4 Å². The molecule has 0 unspecified atom stereocenters. The van der Waals surface area contributed by atoms with Gasteiger partial charge >= 0.3 is 5.97 Å². The number of hydrogen-bond donors (Lipinski definition) is 2. The van der Waals surface area contributed by atoms with Gasteiger partial charge in [0.05, 0.1) is 22.6 Å². The fraction of sp³-hybridized carbons (Fsp3) is 0.174. The number of rotatable bonds is 18. The van der Waals surface area contributed by atoms with Crippen LogP contribution in [0.5, 0.6) is 0 Å². The maximum atomic E-state index is 13.4. The SMILES string of the molecule is O=C(O)CN(CCSC(c1ccccc1)(c1ccccc1)c1ccccc1)CC(=O)NCCSC(c1ccccc1)(c1ccccc1)c1ccccc1. The predicted molar refractivity (Wildman–Crippen MR) is 220 cm³/mol. The summed E-state index contributed by atoms with van der Waals surface area (Å²) in [5.74, 6) is 0.0923. The van der Waals surface area contributed by atoms with Crippen molar-refractivity contribution in [2.24, 2.45) is 0 Å². The van der Waals surface area contributed by atoms with Crippen LogP contribution in [0.2, 0.25) is 0 Å². The number of carbonyl (C=O) groups excluding carboxylic acids is 1. The minimum Gasteiger partial charge on any atom is -0.480 e. The lowest BCUT2D eigenvalue weighted by Crippen LogP contribution is -2.42. The number of nitrogens with one attached hydrogen (secondary N) is 1. The molecule has 53 heavy (non-hydrogen) atoms. The highest BCUT2D eigenvalue weighted by atomic mass is 32.2. The molecule has 268 valence electrons. The second kappa shape index (κ2) is 18.6. The Labute approximate surface area is 321 Å². The zero-order valence-corrected chi connectivity index (χ0v) is 31.2. The molecular formula is C46H44N2O3S2. The van der Waals surface area contributed by atoms with E-state index in [0.717, 1.165) is 33.4 Å². The van der Waals surface area contributed by atoms with Gasteiger partial charge in [0.1, 0.15) is 0 Å². The smallest absolute Gasteiger partial charge is 0.317 e. The van der Waals surface area contributed by atoms with Crippen molar-refractivity contribution >= 4 is 35.4 Å². The van der Waals surface area contributed by atoms with Gasteiger partial charge in [0.15, 0.2) is 0 Å². The molecule has 0 saturated carbocycles. The van der Waals surface area contributed by atoms with Gasteiger partial charge in [0, 0.05) is 24.6 Å². The van der Waals surface area contributed by atoms with Crippen molar-refractivity contribution in [3.8, 4) is 0 Å². The highest BCUT2D eigenvalue weighted by Crippen LogP contribution is 2.49. The first kappa shape index (κ1) is 37.7. The van der Waals surface area contributed by atoms with Crippen LogP contribution in [0.1, 0.15) is 33.4 Å². The molecule has 2 N–H and O–H groups in total. The molecule has 0 fully saturated rings. The molecule has 0 aromatic heterocycles. The van der Waals surface area contributed by atoms with E-state index in [4.69, 9.17) is 0 Å². The van der Waals surface area contributed by atoms with Crippen molar-refractivity contribution in [2.75, 3.05) is 37.7 Å². The zero-order valence-electron chi connectivity index (χ0n) is 29.6. The quantitative estimate of drug-likeness (QED) is 0.0679. The van der Waals surface area contributed by atoms with Crippen molar-refractivity contribution in [1.82, 2.24) is 10.2 Å². The van der Waals surface area contributed by atoms with Gasteiger partial charge in [-0.25, -0.2) is 0 Å². The molecule has 0 radical (unpaired) electrons. The molecule has 6 rings (SSSR count). The lowest BCUT2D eigenvalue weighted by Gasteiger charge is -2.36. The van der Waals surface area contributed by atoms with E-state index in [-0.39, 0.29) is 19.0 Å². The van der Waals surface area contributed by atoms with Gasteiger partial charge in [-0.1, -0.05) is 182 Å². The predicted octanol–water partition coefficient (Wildman–Crippen LogP) is 8.94. The fourth-order valence-electron chi connectivity index (χ4n) is 6.92. The molecule has 6 aromatic rings. The first-order valence-corrected chi connectivity index (χ1v) is 19.8. The molecule has 0 aliphatic rings. The summed E-state index contributed by atoms with van der Waals surface area (Å²) in [5, 5.41) is 12.9. The topological polar surface area (TPSA) is 69.6 Å². The number of benzene rings is 6. The first-order chi connectivity index (χ1) is 26.0. The molecule has 0 spiro atoms. The van der Waals surface area contributed by atoms with Crippen LogP contribution in [0.15, 0.2) is 182 Å². The fourth-order valence-corrected chi connectivity index (χ4v) is 9.91. The van der Waals surface area contributed by atoms with E-state index in [1.165, 1.54) is 0 Å². The first-order valence-electron chi connectivity index (χ1n) is 17.8. The largest absolute Gasteiger partial charge is 0.480 e. The third-order valence-electron chi connectivity index (χ3n) is 9.28. The molecule has 6 aromatic carbocycles. The van der Waals surface area contributed by atoms with Crippen molar-refractivity contribution < 1.29 is 14.7 Å². The Hall–Kier alpha value is -5.08. The lowest BCUT2D eigenvalue weighted by atomic mass is 9.84. The van der Waals surface area contributed by atoms with Gasteiger partial charge < -0.3 is 10.4 Å². The van der Waals surface area contributed by atoms with Crippen molar-refractivity contribution in [3.05, 3.63) is 215 Å². The summed E-state index contributed by atoms with van der Waals surface area (Å²) in [7, 11) is 0. The summed E-state index contributed by atoms with van der Waals surface area (Å²) in [5.41, 5.74) is 6.91. The molecule has 5 nitrogen and oxygen atoms in total. The van der Waals surface area contributed by atoms with Gasteiger partial charge in [-0.2, -0.15) is 0 Å². The summed E-state index contributed by atoms with van der Waals surface area (Å²) in [6.07, 6.45) is 0. The monoisotopic (exact) mass is 736 g/mol. The van der Waals surface area contributed by atoms with Crippen LogP contribution in [0, 0.1) is 0 Å². The second-order valence-electron chi connectivity index (χ2n) is 12.7. The Morgan fingerprint density at radius 3 is 1.08 bits per heavy atom. The normalized spacial score (nSPS) is 11.6. The molecule has 0 bridgehead atoms. The highest BCUT2D eigenvalue weighted by Gasteiger charge is 2.38. The number of carboxylic acids is 1. The maximum absolute atomic E-state index is 13.4. The molecule has 0 atom stereocenters. The van der Waals surface area contributed by atoms with Crippen LogP contribution in [0.3, 0.4) is 0 Å². The lowest BCUT2D eigenvalue weighted by molar-refractivity contribution is -0.138. The summed E-state index contributed by atoms with van der Waals surface area (Å²) in [4.78, 5) is 27.2. The Bertz CT molecular complexity index is 1810. The Morgan fingerprint density at radius 1 is 0.472 bits per heavy atom. The van der Waals surface area contributed by atoms with E-state index < -0.39 is 15.5 Å².